The fraction of sp³-hybridized carbons (Fsp3) is 0.643. The number of piperazine rings is 1. The van der Waals surface area contributed by atoms with Crippen molar-refractivity contribution < 1.29 is 4.79 Å². The summed E-state index contributed by atoms with van der Waals surface area (Å²) in [7, 11) is 0. The molecule has 6 heteroatoms. The first-order valence-electron chi connectivity index (χ1n) is 7.08. The molecule has 112 valence electrons. The van der Waals surface area contributed by atoms with E-state index in [4.69, 9.17) is 0 Å². The third-order valence-electron chi connectivity index (χ3n) is 4.09. The molecule has 1 aromatic rings. The average molecular weight is 316 g/mol. The molecule has 0 saturated carbocycles. The Morgan fingerprint density at radius 3 is 2.85 bits per heavy atom. The van der Waals surface area contributed by atoms with Crippen LogP contribution in [0.1, 0.15) is 11.3 Å². The molecule has 0 bridgehead atoms. The predicted molar refractivity (Wildman–Crippen MR) is 84.7 cm³/mol. The second-order valence-electron chi connectivity index (χ2n) is 5.32. The van der Waals surface area contributed by atoms with Crippen molar-refractivity contribution in [2.75, 3.05) is 39.3 Å². The molecular weight excluding hydrogens is 294 g/mol. The molecular formula is C14H22ClN3OS. The summed E-state index contributed by atoms with van der Waals surface area (Å²) in [6, 6.07) is 4.64. The van der Waals surface area contributed by atoms with Crippen LogP contribution in [-0.2, 0) is 11.2 Å². The number of halogens is 1. The zero-order valence-corrected chi connectivity index (χ0v) is 13.2. The normalized spacial score (nSPS) is 23.6. The highest BCUT2D eigenvalue weighted by Gasteiger charge is 2.30. The summed E-state index contributed by atoms with van der Waals surface area (Å²) in [5, 5.41) is 5.42. The number of carbonyl (C=O) groups is 1. The molecule has 4 nitrogen and oxygen atoms in total. The molecule has 20 heavy (non-hydrogen) atoms. The molecule has 0 spiro atoms. The van der Waals surface area contributed by atoms with Gasteiger partial charge in [-0.15, -0.1) is 23.7 Å². The Morgan fingerprint density at radius 2 is 2.15 bits per heavy atom. The van der Waals surface area contributed by atoms with Crippen LogP contribution in [0.2, 0.25) is 0 Å². The van der Waals surface area contributed by atoms with Crippen LogP contribution in [0.15, 0.2) is 17.5 Å². The quantitative estimate of drug-likeness (QED) is 0.911. The van der Waals surface area contributed by atoms with Crippen molar-refractivity contribution in [2.45, 2.75) is 18.9 Å². The maximum Gasteiger partial charge on any atom is 0.227 e. The Morgan fingerprint density at radius 1 is 1.35 bits per heavy atom. The summed E-state index contributed by atoms with van der Waals surface area (Å²) < 4.78 is 0. The van der Waals surface area contributed by atoms with E-state index < -0.39 is 0 Å². The van der Waals surface area contributed by atoms with Crippen molar-refractivity contribution in [3.05, 3.63) is 22.4 Å². The van der Waals surface area contributed by atoms with Crippen molar-refractivity contribution in [2.24, 2.45) is 0 Å². The van der Waals surface area contributed by atoms with Crippen LogP contribution in [0.3, 0.4) is 0 Å². The highest BCUT2D eigenvalue weighted by Crippen LogP contribution is 2.18. The van der Waals surface area contributed by atoms with Crippen LogP contribution in [0.4, 0.5) is 0 Å². The predicted octanol–water partition coefficient (Wildman–Crippen LogP) is 1.22. The minimum atomic E-state index is 0. The number of likely N-dealkylation sites (tertiary alicyclic amines) is 1. The van der Waals surface area contributed by atoms with Crippen LogP contribution in [0.25, 0.3) is 0 Å². The molecule has 1 amide bonds. The average Bonchev–Trinajstić information content (AvgIpc) is 3.10. The lowest BCUT2D eigenvalue weighted by Crippen LogP contribution is -2.49. The summed E-state index contributed by atoms with van der Waals surface area (Å²) in [5.41, 5.74) is 0. The molecule has 0 radical (unpaired) electrons. The van der Waals surface area contributed by atoms with Crippen molar-refractivity contribution in [1.82, 2.24) is 15.1 Å². The summed E-state index contributed by atoms with van der Waals surface area (Å²) in [6.07, 6.45) is 1.71. The van der Waals surface area contributed by atoms with Gasteiger partial charge in [0, 0.05) is 50.2 Å². The van der Waals surface area contributed by atoms with Gasteiger partial charge in [-0.1, -0.05) is 6.07 Å². The number of hydrogen-bond donors (Lipinski definition) is 1. The first kappa shape index (κ1) is 15.8. The Labute approximate surface area is 130 Å². The van der Waals surface area contributed by atoms with Crippen LogP contribution in [0.5, 0.6) is 0 Å². The molecule has 1 atom stereocenters. The molecule has 0 aliphatic carbocycles. The third kappa shape index (κ3) is 3.73. The number of nitrogens with one attached hydrogen (secondary N) is 1. The van der Waals surface area contributed by atoms with Crippen LogP contribution < -0.4 is 5.32 Å². The molecule has 2 fully saturated rings. The fourth-order valence-electron chi connectivity index (χ4n) is 2.99. The molecule has 2 aliphatic heterocycles. The van der Waals surface area contributed by atoms with Crippen LogP contribution >= 0.6 is 23.7 Å². The Hall–Kier alpha value is -0.620. The summed E-state index contributed by atoms with van der Waals surface area (Å²) in [6.45, 7) is 6.26. The van der Waals surface area contributed by atoms with E-state index in [1.54, 1.807) is 11.3 Å². The van der Waals surface area contributed by atoms with Gasteiger partial charge in [0.2, 0.25) is 5.91 Å². The van der Waals surface area contributed by atoms with Crippen LogP contribution in [0, 0.1) is 0 Å². The number of carbonyl (C=O) groups excluding carboxylic acids is 1. The summed E-state index contributed by atoms with van der Waals surface area (Å²) >= 11 is 1.67. The molecule has 2 saturated heterocycles. The number of hydrogen-bond acceptors (Lipinski definition) is 4. The lowest BCUT2D eigenvalue weighted by Gasteiger charge is -2.32. The summed E-state index contributed by atoms with van der Waals surface area (Å²) in [4.78, 5) is 18.0. The molecule has 1 unspecified atom stereocenters. The summed E-state index contributed by atoms with van der Waals surface area (Å²) in [5.74, 6) is 0.292. The van der Waals surface area contributed by atoms with E-state index >= 15 is 0 Å². The monoisotopic (exact) mass is 315 g/mol. The van der Waals surface area contributed by atoms with E-state index in [1.165, 1.54) is 4.88 Å². The standard InChI is InChI=1S/C14H21N3OS.ClH/c18-14(10-13-2-1-9-19-13)17-6-3-12(11-17)16-7-4-15-5-8-16;/h1-2,9,12,15H,3-8,10-11H2;1H. The first-order valence-corrected chi connectivity index (χ1v) is 7.96. The SMILES string of the molecule is Cl.O=C(Cc1cccs1)N1CCC(N2CCNCC2)C1. The van der Waals surface area contributed by atoms with E-state index in [0.29, 0.717) is 18.4 Å². The van der Waals surface area contributed by atoms with Gasteiger partial charge in [0.05, 0.1) is 6.42 Å². The number of thiophene rings is 1. The molecule has 1 N–H and O–H groups in total. The van der Waals surface area contributed by atoms with Gasteiger partial charge in [-0.05, 0) is 17.9 Å². The zero-order valence-electron chi connectivity index (χ0n) is 11.6. The lowest BCUT2D eigenvalue weighted by atomic mass is 10.2. The number of amides is 1. The smallest absolute Gasteiger partial charge is 0.227 e. The van der Waals surface area contributed by atoms with Crippen molar-refractivity contribution in [1.29, 1.82) is 0 Å². The molecule has 0 aromatic carbocycles. The van der Waals surface area contributed by atoms with Crippen molar-refractivity contribution in [3.63, 3.8) is 0 Å². The number of rotatable bonds is 3. The molecule has 3 rings (SSSR count). The maximum absolute atomic E-state index is 12.2. The van der Waals surface area contributed by atoms with Gasteiger partial charge in [-0.3, -0.25) is 9.69 Å². The van der Waals surface area contributed by atoms with Crippen molar-refractivity contribution in [3.8, 4) is 0 Å². The second-order valence-corrected chi connectivity index (χ2v) is 6.36. The highest BCUT2D eigenvalue weighted by molar-refractivity contribution is 7.10. The van der Waals surface area contributed by atoms with Gasteiger partial charge in [-0.25, -0.2) is 0 Å². The van der Waals surface area contributed by atoms with Gasteiger partial charge in [0.15, 0.2) is 0 Å². The minimum Gasteiger partial charge on any atom is -0.341 e. The fourth-order valence-corrected chi connectivity index (χ4v) is 3.68. The Balaban J connectivity index is 0.00000147. The first-order chi connectivity index (χ1) is 9.33. The second kappa shape index (κ2) is 7.41. The van der Waals surface area contributed by atoms with Gasteiger partial charge < -0.3 is 10.2 Å². The molecule has 3 heterocycles. The van der Waals surface area contributed by atoms with Gasteiger partial charge >= 0.3 is 0 Å². The largest absolute Gasteiger partial charge is 0.341 e. The van der Waals surface area contributed by atoms with Gasteiger partial charge in [-0.2, -0.15) is 0 Å². The lowest BCUT2D eigenvalue weighted by molar-refractivity contribution is -0.129. The van der Waals surface area contributed by atoms with E-state index in [0.717, 1.165) is 45.7 Å². The van der Waals surface area contributed by atoms with Gasteiger partial charge in [0.25, 0.3) is 0 Å². The van der Waals surface area contributed by atoms with Crippen molar-refractivity contribution >= 4 is 29.7 Å². The highest BCUT2D eigenvalue weighted by atomic mass is 35.5. The van der Waals surface area contributed by atoms with Gasteiger partial charge in [0.1, 0.15) is 0 Å². The van der Waals surface area contributed by atoms with E-state index in [9.17, 15) is 4.79 Å². The molecule has 2 aliphatic rings. The Kier molecular flexibility index (Phi) is 5.84. The van der Waals surface area contributed by atoms with E-state index in [-0.39, 0.29) is 12.4 Å². The topological polar surface area (TPSA) is 35.6 Å². The molecule has 1 aromatic heterocycles. The maximum atomic E-state index is 12.2. The van der Waals surface area contributed by atoms with E-state index in [2.05, 4.69) is 10.2 Å². The van der Waals surface area contributed by atoms with E-state index in [1.807, 2.05) is 22.4 Å². The Bertz CT molecular complexity index is 420. The minimum absolute atomic E-state index is 0. The third-order valence-corrected chi connectivity index (χ3v) is 4.97. The number of nitrogens with zero attached hydrogens (tertiary/aromatic N) is 2. The zero-order chi connectivity index (χ0) is 13.1. The van der Waals surface area contributed by atoms with Crippen LogP contribution in [-0.4, -0.2) is 61.0 Å².